The molecule has 3 rings (SSSR count). The van der Waals surface area contributed by atoms with Crippen molar-refractivity contribution in [3.05, 3.63) is 11.6 Å². The first-order valence-electron chi connectivity index (χ1n) is 10.9. The quantitative estimate of drug-likeness (QED) is 0.260. The van der Waals surface area contributed by atoms with Gasteiger partial charge in [-0.1, -0.05) is 68.4 Å². The first-order chi connectivity index (χ1) is 12.2. The van der Waals surface area contributed by atoms with Crippen LogP contribution in [0.15, 0.2) is 11.6 Å². The summed E-state index contributed by atoms with van der Waals surface area (Å²) in [6, 6.07) is 0. The fraction of sp³-hybridized carbons (Fsp3) is 0.870. The van der Waals surface area contributed by atoms with Crippen LogP contribution < -0.4 is 0 Å². The molecule has 0 aromatic carbocycles. The van der Waals surface area contributed by atoms with Crippen molar-refractivity contribution in [3.8, 4) is 0 Å². The Kier molecular flexibility index (Phi) is 6.16. The predicted octanol–water partition coefficient (Wildman–Crippen LogP) is 6.53. The third kappa shape index (κ3) is 3.75. The lowest BCUT2D eigenvalue weighted by molar-refractivity contribution is -0.151. The van der Waals surface area contributed by atoms with Crippen molar-refractivity contribution < 1.29 is 4.79 Å². The van der Waals surface area contributed by atoms with Gasteiger partial charge in [0.2, 0.25) is 5.91 Å². The number of fused-ring (bicyclic) bond motifs is 1. The van der Waals surface area contributed by atoms with Crippen LogP contribution >= 0.6 is 22.6 Å². The van der Waals surface area contributed by atoms with Crippen LogP contribution in [-0.2, 0) is 4.79 Å². The first-order valence-corrected chi connectivity index (χ1v) is 12.0. The first kappa shape index (κ1) is 20.7. The van der Waals surface area contributed by atoms with Gasteiger partial charge < -0.3 is 4.90 Å². The zero-order chi connectivity index (χ0) is 19.0. The van der Waals surface area contributed by atoms with Gasteiger partial charge in [-0.15, -0.1) is 0 Å². The van der Waals surface area contributed by atoms with Gasteiger partial charge in [-0.3, -0.25) is 4.79 Å². The molecule has 2 saturated carbocycles. The van der Waals surface area contributed by atoms with Crippen LogP contribution in [0.4, 0.5) is 0 Å². The van der Waals surface area contributed by atoms with Crippen molar-refractivity contribution in [1.82, 2.24) is 4.90 Å². The highest BCUT2D eigenvalue weighted by Gasteiger charge is 2.55. The number of allylic oxidation sites excluding steroid dienone is 2. The molecule has 0 N–H and O–H groups in total. The third-order valence-corrected chi connectivity index (χ3v) is 9.20. The highest BCUT2D eigenvalue weighted by atomic mass is 127. The minimum Gasteiger partial charge on any atom is -0.342 e. The predicted molar refractivity (Wildman–Crippen MR) is 119 cm³/mol. The molecule has 1 saturated heterocycles. The van der Waals surface area contributed by atoms with Crippen molar-refractivity contribution in [2.75, 3.05) is 13.1 Å². The van der Waals surface area contributed by atoms with Gasteiger partial charge in [0.25, 0.3) is 0 Å². The van der Waals surface area contributed by atoms with Crippen LogP contribution in [-0.4, -0.2) is 27.3 Å². The van der Waals surface area contributed by atoms with E-state index in [1.807, 2.05) is 0 Å². The van der Waals surface area contributed by atoms with Gasteiger partial charge in [-0.25, -0.2) is 0 Å². The molecule has 0 radical (unpaired) electrons. The lowest BCUT2D eigenvalue weighted by Gasteiger charge is -2.56. The van der Waals surface area contributed by atoms with E-state index in [-0.39, 0.29) is 10.8 Å². The zero-order valence-electron chi connectivity index (χ0n) is 17.4. The van der Waals surface area contributed by atoms with E-state index in [4.69, 9.17) is 0 Å². The smallest absolute Gasteiger partial charge is 0.228 e. The zero-order valence-corrected chi connectivity index (χ0v) is 19.5. The van der Waals surface area contributed by atoms with Crippen LogP contribution in [0.5, 0.6) is 0 Å². The van der Waals surface area contributed by atoms with E-state index in [0.717, 1.165) is 19.5 Å². The van der Waals surface area contributed by atoms with Crippen molar-refractivity contribution in [1.29, 1.82) is 0 Å². The molecule has 0 aromatic rings. The van der Waals surface area contributed by atoms with Crippen molar-refractivity contribution in [3.63, 3.8) is 0 Å². The molecule has 2 nitrogen and oxygen atoms in total. The number of hydrogen-bond acceptors (Lipinski definition) is 1. The number of halogens is 1. The molecule has 3 aliphatic rings. The average molecular weight is 471 g/mol. The minimum atomic E-state index is -0.144. The Bertz CT molecular complexity index is 563. The van der Waals surface area contributed by atoms with E-state index in [2.05, 4.69) is 61.3 Å². The van der Waals surface area contributed by atoms with Crippen molar-refractivity contribution in [2.45, 2.75) is 95.3 Å². The van der Waals surface area contributed by atoms with Crippen LogP contribution in [0.25, 0.3) is 0 Å². The molecule has 2 aliphatic carbocycles. The van der Waals surface area contributed by atoms with E-state index in [1.54, 1.807) is 5.57 Å². The lowest BCUT2D eigenvalue weighted by Crippen LogP contribution is -2.54. The molecular formula is C23H38INO. The van der Waals surface area contributed by atoms with E-state index in [9.17, 15) is 4.79 Å². The second-order valence-electron chi connectivity index (χ2n) is 9.83. The number of likely N-dealkylation sites (tertiary alicyclic amines) is 1. The largest absolute Gasteiger partial charge is 0.342 e. The molecule has 4 atom stereocenters. The van der Waals surface area contributed by atoms with E-state index in [0.29, 0.717) is 15.2 Å². The number of nitrogens with zero attached hydrogens (tertiary/aromatic N) is 1. The van der Waals surface area contributed by atoms with Gasteiger partial charge in [0.1, 0.15) is 0 Å². The van der Waals surface area contributed by atoms with Gasteiger partial charge in [0.15, 0.2) is 0 Å². The summed E-state index contributed by atoms with van der Waals surface area (Å²) in [5.41, 5.74) is 1.77. The number of hydrogen-bond donors (Lipinski definition) is 0. The van der Waals surface area contributed by atoms with E-state index >= 15 is 0 Å². The summed E-state index contributed by atoms with van der Waals surface area (Å²) in [6.07, 6.45) is 14.7. The standard InChI is InChI=1S/C23H38INO/c1-5-21(2,24)15-12-18-10-8-11-19-22(18,3)13-9-14-23(19,4)20(26)25-16-6-7-17-25/h12,19H,5-11,13-17H2,1-4H3/b18-12+/t19?,21-,22+,23-/m1/s1. The Morgan fingerprint density at radius 2 is 1.92 bits per heavy atom. The third-order valence-electron chi connectivity index (χ3n) is 8.00. The van der Waals surface area contributed by atoms with E-state index in [1.165, 1.54) is 57.8 Å². The molecule has 1 amide bonds. The maximum Gasteiger partial charge on any atom is 0.228 e. The van der Waals surface area contributed by atoms with Crippen LogP contribution in [0.3, 0.4) is 0 Å². The Balaban J connectivity index is 1.87. The van der Waals surface area contributed by atoms with Crippen molar-refractivity contribution >= 4 is 28.5 Å². The summed E-state index contributed by atoms with van der Waals surface area (Å²) >= 11 is 2.63. The van der Waals surface area contributed by atoms with Gasteiger partial charge in [0.05, 0.1) is 5.41 Å². The topological polar surface area (TPSA) is 20.3 Å². The molecule has 26 heavy (non-hydrogen) atoms. The molecular weight excluding hydrogens is 433 g/mol. The van der Waals surface area contributed by atoms with Crippen LogP contribution in [0, 0.1) is 16.7 Å². The van der Waals surface area contributed by atoms with Crippen LogP contribution in [0.1, 0.15) is 91.9 Å². The fourth-order valence-corrected chi connectivity index (χ4v) is 6.25. The summed E-state index contributed by atoms with van der Waals surface area (Å²) in [6.45, 7) is 11.5. The lowest BCUT2D eigenvalue weighted by atomic mass is 9.49. The Morgan fingerprint density at radius 1 is 1.23 bits per heavy atom. The monoisotopic (exact) mass is 471 g/mol. The van der Waals surface area contributed by atoms with Crippen LogP contribution in [0.2, 0.25) is 0 Å². The molecule has 0 bridgehead atoms. The minimum absolute atomic E-state index is 0.144. The molecule has 0 aromatic heterocycles. The molecule has 1 aliphatic heterocycles. The highest BCUT2D eigenvalue weighted by molar-refractivity contribution is 14.1. The second-order valence-corrected chi connectivity index (χ2v) is 12.4. The summed E-state index contributed by atoms with van der Waals surface area (Å²) in [4.78, 5) is 15.7. The maximum absolute atomic E-state index is 13.5. The number of carbonyl (C=O) groups excluding carboxylic acids is 1. The summed E-state index contributed by atoms with van der Waals surface area (Å²) in [7, 11) is 0. The summed E-state index contributed by atoms with van der Waals surface area (Å²) in [5, 5.41) is 0. The Hall–Kier alpha value is -0.0600. The summed E-state index contributed by atoms with van der Waals surface area (Å²) in [5.74, 6) is 0.999. The Labute approximate surface area is 174 Å². The fourth-order valence-electron chi connectivity index (χ4n) is 6.03. The van der Waals surface area contributed by atoms with Gasteiger partial charge in [-0.05, 0) is 69.1 Å². The average Bonchev–Trinajstić information content (AvgIpc) is 3.14. The maximum atomic E-state index is 13.5. The highest BCUT2D eigenvalue weighted by Crippen LogP contribution is 2.60. The number of amides is 1. The second kappa shape index (κ2) is 7.75. The van der Waals surface area contributed by atoms with Gasteiger partial charge in [-0.2, -0.15) is 0 Å². The molecule has 3 heteroatoms. The SMILES string of the molecule is CC[C@@](C)(I)C/C=C1\CCCC2[C@](C)(C(=O)N3CCCC3)CCC[C@@]12C. The molecule has 3 fully saturated rings. The molecule has 1 unspecified atom stereocenters. The Morgan fingerprint density at radius 3 is 2.58 bits per heavy atom. The van der Waals surface area contributed by atoms with Gasteiger partial charge in [0, 0.05) is 16.5 Å². The molecule has 1 heterocycles. The number of carbonyl (C=O) groups is 1. The normalized spacial score (nSPS) is 38.9. The number of rotatable bonds is 4. The van der Waals surface area contributed by atoms with E-state index < -0.39 is 0 Å². The number of alkyl halides is 1. The molecule has 0 spiro atoms. The summed E-state index contributed by atoms with van der Waals surface area (Å²) < 4.78 is 0.359. The molecule has 148 valence electrons. The van der Waals surface area contributed by atoms with Crippen molar-refractivity contribution in [2.24, 2.45) is 16.7 Å². The van der Waals surface area contributed by atoms with Gasteiger partial charge >= 0.3 is 0 Å².